The predicted molar refractivity (Wildman–Crippen MR) is 40.5 cm³/mol. The number of aromatic carboxylic acids is 1. The lowest BCUT2D eigenvalue weighted by Crippen LogP contribution is -2.09. The van der Waals surface area contributed by atoms with Crippen LogP contribution in [0.3, 0.4) is 0 Å². The Labute approximate surface area is 77.4 Å². The summed E-state index contributed by atoms with van der Waals surface area (Å²) >= 11 is 0. The lowest BCUT2D eigenvalue weighted by atomic mass is 10.5. The molecule has 1 heterocycles. The van der Waals surface area contributed by atoms with Crippen molar-refractivity contribution in [3.05, 3.63) is 18.2 Å². The van der Waals surface area contributed by atoms with E-state index in [0.717, 1.165) is 12.4 Å². The third kappa shape index (κ3) is 2.92. The molecular weight excluding hydrogens is 198 g/mol. The molecule has 1 N–H and O–H groups in total. The van der Waals surface area contributed by atoms with Crippen LogP contribution in [0.15, 0.2) is 12.4 Å². The SMILES string of the molecule is O=C(O)c1ncc(OCC(F)F)cn1. The van der Waals surface area contributed by atoms with Gasteiger partial charge in [-0.2, -0.15) is 0 Å². The van der Waals surface area contributed by atoms with Crippen LogP contribution < -0.4 is 4.74 Å². The van der Waals surface area contributed by atoms with Gasteiger partial charge >= 0.3 is 5.97 Å². The molecule has 76 valence electrons. The molecule has 0 saturated carbocycles. The zero-order chi connectivity index (χ0) is 10.6. The fraction of sp³-hybridized carbons (Fsp3) is 0.286. The monoisotopic (exact) mass is 204 g/mol. The first-order valence-corrected chi connectivity index (χ1v) is 3.56. The molecule has 5 nitrogen and oxygen atoms in total. The lowest BCUT2D eigenvalue weighted by molar-refractivity contribution is 0.0680. The number of carbonyl (C=O) groups is 1. The molecule has 1 aromatic rings. The van der Waals surface area contributed by atoms with E-state index in [2.05, 4.69) is 14.7 Å². The third-order valence-corrected chi connectivity index (χ3v) is 1.20. The van der Waals surface area contributed by atoms with Gasteiger partial charge < -0.3 is 9.84 Å². The van der Waals surface area contributed by atoms with Crippen molar-refractivity contribution in [1.82, 2.24) is 9.97 Å². The molecule has 1 aromatic heterocycles. The van der Waals surface area contributed by atoms with E-state index in [0.29, 0.717) is 0 Å². The number of carboxylic acids is 1. The summed E-state index contributed by atoms with van der Waals surface area (Å²) in [6.07, 6.45) is -0.536. The number of carboxylic acid groups (broad SMARTS) is 1. The lowest BCUT2D eigenvalue weighted by Gasteiger charge is -2.03. The van der Waals surface area contributed by atoms with Crippen LogP contribution in [0.25, 0.3) is 0 Å². The van der Waals surface area contributed by atoms with Crippen LogP contribution in [-0.2, 0) is 0 Å². The van der Waals surface area contributed by atoms with Crippen molar-refractivity contribution in [3.63, 3.8) is 0 Å². The molecular formula is C7H6F2N2O3. The summed E-state index contributed by atoms with van der Waals surface area (Å²) in [4.78, 5) is 17.0. The van der Waals surface area contributed by atoms with Gasteiger partial charge in [-0.15, -0.1) is 0 Å². The molecule has 0 atom stereocenters. The zero-order valence-corrected chi connectivity index (χ0v) is 6.85. The minimum Gasteiger partial charge on any atom is -0.484 e. The largest absolute Gasteiger partial charge is 0.484 e. The zero-order valence-electron chi connectivity index (χ0n) is 6.85. The summed E-state index contributed by atoms with van der Waals surface area (Å²) < 4.78 is 27.9. The van der Waals surface area contributed by atoms with Gasteiger partial charge in [0.1, 0.15) is 6.61 Å². The number of ether oxygens (including phenoxy) is 1. The predicted octanol–water partition coefficient (Wildman–Crippen LogP) is 0.819. The minimum absolute atomic E-state index is 0.00954. The van der Waals surface area contributed by atoms with Crippen LogP contribution in [0, 0.1) is 0 Å². The van der Waals surface area contributed by atoms with Gasteiger partial charge in [-0.3, -0.25) is 0 Å². The van der Waals surface area contributed by atoms with Gasteiger partial charge in [0.15, 0.2) is 5.75 Å². The number of halogens is 2. The molecule has 0 radical (unpaired) electrons. The number of hydrogen-bond donors (Lipinski definition) is 1. The van der Waals surface area contributed by atoms with Gasteiger partial charge in [0.05, 0.1) is 12.4 Å². The molecule has 0 saturated heterocycles. The van der Waals surface area contributed by atoms with E-state index in [1.54, 1.807) is 0 Å². The van der Waals surface area contributed by atoms with Crippen molar-refractivity contribution in [2.24, 2.45) is 0 Å². The average molecular weight is 204 g/mol. The third-order valence-electron chi connectivity index (χ3n) is 1.20. The van der Waals surface area contributed by atoms with Gasteiger partial charge in [-0.05, 0) is 0 Å². The molecule has 0 amide bonds. The van der Waals surface area contributed by atoms with Crippen molar-refractivity contribution in [1.29, 1.82) is 0 Å². The van der Waals surface area contributed by atoms with Crippen LogP contribution in [0.5, 0.6) is 5.75 Å². The maximum Gasteiger partial charge on any atom is 0.373 e. The molecule has 0 bridgehead atoms. The van der Waals surface area contributed by atoms with Crippen molar-refractivity contribution < 1.29 is 23.4 Å². The summed E-state index contributed by atoms with van der Waals surface area (Å²) in [5, 5.41) is 8.41. The van der Waals surface area contributed by atoms with Crippen LogP contribution in [0.2, 0.25) is 0 Å². The molecule has 14 heavy (non-hydrogen) atoms. The van der Waals surface area contributed by atoms with Crippen molar-refractivity contribution in [3.8, 4) is 5.75 Å². The summed E-state index contributed by atoms with van der Waals surface area (Å²) in [5.41, 5.74) is 0. The summed E-state index contributed by atoms with van der Waals surface area (Å²) in [5.74, 6) is -1.69. The minimum atomic E-state index is -2.59. The highest BCUT2D eigenvalue weighted by atomic mass is 19.3. The average Bonchev–Trinajstić information content (AvgIpc) is 2.15. The van der Waals surface area contributed by atoms with Crippen LogP contribution >= 0.6 is 0 Å². The Morgan fingerprint density at radius 1 is 1.50 bits per heavy atom. The number of alkyl halides is 2. The maximum absolute atomic E-state index is 11.7. The van der Waals surface area contributed by atoms with Crippen molar-refractivity contribution in [2.75, 3.05) is 6.61 Å². The highest BCUT2D eigenvalue weighted by Gasteiger charge is 2.07. The van der Waals surface area contributed by atoms with E-state index in [4.69, 9.17) is 5.11 Å². The van der Waals surface area contributed by atoms with E-state index in [9.17, 15) is 13.6 Å². The molecule has 0 spiro atoms. The second-order valence-electron chi connectivity index (χ2n) is 2.25. The van der Waals surface area contributed by atoms with E-state index < -0.39 is 24.8 Å². The molecule has 0 aliphatic rings. The van der Waals surface area contributed by atoms with Crippen LogP contribution in [0.1, 0.15) is 10.6 Å². The summed E-state index contributed by atoms with van der Waals surface area (Å²) in [6, 6.07) is 0. The Kier molecular flexibility index (Phi) is 3.27. The summed E-state index contributed by atoms with van der Waals surface area (Å²) in [6.45, 7) is -0.768. The second-order valence-corrected chi connectivity index (χ2v) is 2.25. The van der Waals surface area contributed by atoms with Crippen LogP contribution in [-0.4, -0.2) is 34.1 Å². The topological polar surface area (TPSA) is 72.3 Å². The molecule has 0 fully saturated rings. The van der Waals surface area contributed by atoms with E-state index in [-0.39, 0.29) is 5.75 Å². The molecule has 0 aromatic carbocycles. The number of aromatic nitrogens is 2. The van der Waals surface area contributed by atoms with E-state index in [1.165, 1.54) is 0 Å². The normalized spacial score (nSPS) is 10.2. The Bertz CT molecular complexity index is 315. The Morgan fingerprint density at radius 2 is 2.07 bits per heavy atom. The molecule has 0 unspecified atom stereocenters. The Morgan fingerprint density at radius 3 is 2.50 bits per heavy atom. The molecule has 0 aliphatic carbocycles. The van der Waals surface area contributed by atoms with E-state index >= 15 is 0 Å². The Balaban J connectivity index is 2.60. The molecule has 7 heteroatoms. The number of rotatable bonds is 4. The first-order valence-electron chi connectivity index (χ1n) is 3.56. The maximum atomic E-state index is 11.7. The Hall–Kier alpha value is -1.79. The quantitative estimate of drug-likeness (QED) is 0.785. The van der Waals surface area contributed by atoms with Gasteiger partial charge in [0.2, 0.25) is 5.82 Å². The number of hydrogen-bond acceptors (Lipinski definition) is 4. The molecule has 1 rings (SSSR count). The fourth-order valence-corrected chi connectivity index (χ4v) is 0.660. The summed E-state index contributed by atoms with van der Waals surface area (Å²) in [7, 11) is 0. The highest BCUT2D eigenvalue weighted by Crippen LogP contribution is 2.07. The number of nitrogens with zero attached hydrogens (tertiary/aromatic N) is 2. The van der Waals surface area contributed by atoms with Crippen molar-refractivity contribution >= 4 is 5.97 Å². The van der Waals surface area contributed by atoms with Gasteiger partial charge in [0, 0.05) is 0 Å². The van der Waals surface area contributed by atoms with Crippen LogP contribution in [0.4, 0.5) is 8.78 Å². The van der Waals surface area contributed by atoms with Gasteiger partial charge in [0.25, 0.3) is 6.43 Å². The van der Waals surface area contributed by atoms with E-state index in [1.807, 2.05) is 0 Å². The smallest absolute Gasteiger partial charge is 0.373 e. The molecule has 0 aliphatic heterocycles. The fourth-order valence-electron chi connectivity index (χ4n) is 0.660. The van der Waals surface area contributed by atoms with Crippen molar-refractivity contribution in [2.45, 2.75) is 6.43 Å². The van der Waals surface area contributed by atoms with Gasteiger partial charge in [-0.25, -0.2) is 23.5 Å². The highest BCUT2D eigenvalue weighted by molar-refractivity contribution is 5.82. The van der Waals surface area contributed by atoms with Gasteiger partial charge in [-0.1, -0.05) is 0 Å². The standard InChI is InChI=1S/C7H6F2N2O3/c8-5(9)3-14-4-1-10-6(7(12)13)11-2-4/h1-2,5H,3H2,(H,12,13). The second kappa shape index (κ2) is 4.45. The first kappa shape index (κ1) is 10.3. The first-order chi connectivity index (χ1) is 6.59.